The van der Waals surface area contributed by atoms with Crippen molar-refractivity contribution in [2.75, 3.05) is 11.9 Å². The summed E-state index contributed by atoms with van der Waals surface area (Å²) in [5.74, 6) is 0.660. The highest BCUT2D eigenvalue weighted by molar-refractivity contribution is 5.95. The van der Waals surface area contributed by atoms with Crippen molar-refractivity contribution < 1.29 is 4.79 Å². The van der Waals surface area contributed by atoms with Crippen LogP contribution in [0, 0.1) is 11.3 Å². The first-order valence-corrected chi connectivity index (χ1v) is 10.5. The van der Waals surface area contributed by atoms with Crippen LogP contribution < -0.4 is 10.6 Å². The fourth-order valence-electron chi connectivity index (χ4n) is 3.66. The highest BCUT2D eigenvalue weighted by atomic mass is 16.1. The van der Waals surface area contributed by atoms with Gasteiger partial charge in [0.1, 0.15) is 0 Å². The lowest BCUT2D eigenvalue weighted by molar-refractivity contribution is 0.0951. The second-order valence-electron chi connectivity index (χ2n) is 7.83. The standard InChI is InChI=1S/C24H22N6O/c1-2-11-26-22-23-27-14-21(30(23)20-10-3-15(13-25)12-19(20)29-22)16-4-6-17(7-5-16)24(31)28-18-8-9-18/h3-7,10,12,14,18H,2,8-9,11H2,1H3,(H,26,29)(H,28,31). The van der Waals surface area contributed by atoms with E-state index in [-0.39, 0.29) is 5.91 Å². The van der Waals surface area contributed by atoms with Gasteiger partial charge >= 0.3 is 0 Å². The third-order valence-electron chi connectivity index (χ3n) is 5.45. The first kappa shape index (κ1) is 19.1. The van der Waals surface area contributed by atoms with Crippen LogP contribution in [-0.2, 0) is 0 Å². The molecule has 0 spiro atoms. The Morgan fingerprint density at radius 2 is 2.03 bits per heavy atom. The van der Waals surface area contributed by atoms with Gasteiger partial charge in [-0.2, -0.15) is 5.26 Å². The Kier molecular flexibility index (Phi) is 4.75. The van der Waals surface area contributed by atoms with Crippen molar-refractivity contribution >= 4 is 28.4 Å². The quantitative estimate of drug-likeness (QED) is 0.498. The molecule has 4 aromatic rings. The van der Waals surface area contributed by atoms with Gasteiger partial charge in [0.15, 0.2) is 11.5 Å². The summed E-state index contributed by atoms with van der Waals surface area (Å²) in [6.45, 7) is 2.87. The Hall–Kier alpha value is -3.92. The van der Waals surface area contributed by atoms with Crippen molar-refractivity contribution in [1.29, 1.82) is 5.26 Å². The van der Waals surface area contributed by atoms with Crippen LogP contribution in [0.1, 0.15) is 42.1 Å². The number of hydrogen-bond donors (Lipinski definition) is 2. The first-order chi connectivity index (χ1) is 15.2. The average Bonchev–Trinajstić information content (AvgIpc) is 3.51. The maximum atomic E-state index is 12.3. The number of carbonyl (C=O) groups is 1. The van der Waals surface area contributed by atoms with E-state index in [0.29, 0.717) is 23.0 Å². The molecule has 2 heterocycles. The lowest BCUT2D eigenvalue weighted by atomic mass is 10.1. The number of aromatic nitrogens is 3. The second-order valence-corrected chi connectivity index (χ2v) is 7.83. The first-order valence-electron chi connectivity index (χ1n) is 10.5. The highest BCUT2D eigenvalue weighted by Crippen LogP contribution is 2.29. The van der Waals surface area contributed by atoms with Gasteiger partial charge in [-0.25, -0.2) is 9.97 Å². The van der Waals surface area contributed by atoms with Crippen molar-refractivity contribution in [3.05, 3.63) is 59.8 Å². The molecule has 2 aromatic carbocycles. The number of benzene rings is 2. The lowest BCUT2D eigenvalue weighted by Gasteiger charge is -2.11. The predicted molar refractivity (Wildman–Crippen MR) is 120 cm³/mol. The predicted octanol–water partition coefficient (Wildman–Crippen LogP) is 4.14. The smallest absolute Gasteiger partial charge is 0.251 e. The summed E-state index contributed by atoms with van der Waals surface area (Å²) in [6.07, 6.45) is 4.91. The van der Waals surface area contributed by atoms with E-state index in [1.807, 2.05) is 36.5 Å². The molecule has 0 radical (unpaired) electrons. The number of nitrogens with zero attached hydrogens (tertiary/aromatic N) is 4. The number of fused-ring (bicyclic) bond motifs is 3. The molecular weight excluding hydrogens is 388 g/mol. The largest absolute Gasteiger partial charge is 0.367 e. The monoisotopic (exact) mass is 410 g/mol. The molecular formula is C24H22N6O. The van der Waals surface area contributed by atoms with Crippen LogP contribution in [0.2, 0.25) is 0 Å². The molecule has 1 fully saturated rings. The van der Waals surface area contributed by atoms with E-state index >= 15 is 0 Å². The summed E-state index contributed by atoms with van der Waals surface area (Å²) in [5, 5.41) is 15.7. The lowest BCUT2D eigenvalue weighted by Crippen LogP contribution is -2.25. The second kappa shape index (κ2) is 7.73. The molecule has 1 aliphatic carbocycles. The van der Waals surface area contributed by atoms with Gasteiger partial charge in [-0.3, -0.25) is 9.20 Å². The van der Waals surface area contributed by atoms with Crippen molar-refractivity contribution in [1.82, 2.24) is 19.7 Å². The molecule has 0 unspecified atom stereocenters. The van der Waals surface area contributed by atoms with Crippen molar-refractivity contribution in [3.63, 3.8) is 0 Å². The number of rotatable bonds is 6. The van der Waals surface area contributed by atoms with Gasteiger partial charge in [-0.15, -0.1) is 0 Å². The van der Waals surface area contributed by atoms with Gasteiger partial charge in [0, 0.05) is 23.7 Å². The minimum Gasteiger partial charge on any atom is -0.367 e. The Morgan fingerprint density at radius 3 is 2.74 bits per heavy atom. The van der Waals surface area contributed by atoms with E-state index in [1.54, 1.807) is 12.1 Å². The maximum absolute atomic E-state index is 12.3. The molecule has 154 valence electrons. The van der Waals surface area contributed by atoms with Gasteiger partial charge in [-0.05, 0) is 49.6 Å². The van der Waals surface area contributed by atoms with E-state index in [4.69, 9.17) is 4.98 Å². The molecule has 1 saturated carbocycles. The summed E-state index contributed by atoms with van der Waals surface area (Å²) in [6, 6.07) is 15.6. The fraction of sp³-hybridized carbons (Fsp3) is 0.250. The summed E-state index contributed by atoms with van der Waals surface area (Å²) < 4.78 is 2.06. The molecule has 0 atom stereocenters. The third kappa shape index (κ3) is 3.57. The molecule has 1 amide bonds. The van der Waals surface area contributed by atoms with Gasteiger partial charge in [-0.1, -0.05) is 19.1 Å². The van der Waals surface area contributed by atoms with E-state index < -0.39 is 0 Å². The Bertz CT molecular complexity index is 1330. The third-order valence-corrected chi connectivity index (χ3v) is 5.45. The zero-order chi connectivity index (χ0) is 21.4. The Balaban J connectivity index is 1.62. The van der Waals surface area contributed by atoms with Crippen LogP contribution in [0.25, 0.3) is 27.9 Å². The molecule has 1 aliphatic rings. The van der Waals surface area contributed by atoms with Crippen LogP contribution in [-0.4, -0.2) is 32.9 Å². The number of anilines is 1. The number of amides is 1. The zero-order valence-electron chi connectivity index (χ0n) is 17.2. The topological polar surface area (TPSA) is 95.1 Å². The molecule has 2 aromatic heterocycles. The summed E-state index contributed by atoms with van der Waals surface area (Å²) in [4.78, 5) is 21.7. The van der Waals surface area contributed by atoms with Crippen molar-refractivity contribution in [2.24, 2.45) is 0 Å². The van der Waals surface area contributed by atoms with Gasteiger partial charge in [0.2, 0.25) is 0 Å². The zero-order valence-corrected chi connectivity index (χ0v) is 17.2. The maximum Gasteiger partial charge on any atom is 0.251 e. The van der Waals surface area contributed by atoms with Crippen LogP contribution >= 0.6 is 0 Å². The Labute approximate surface area is 179 Å². The molecule has 5 rings (SSSR count). The average molecular weight is 410 g/mol. The molecule has 2 N–H and O–H groups in total. The van der Waals surface area contributed by atoms with E-state index in [0.717, 1.165) is 53.7 Å². The van der Waals surface area contributed by atoms with Crippen molar-refractivity contribution in [3.8, 4) is 17.3 Å². The van der Waals surface area contributed by atoms with Crippen LogP contribution in [0.3, 0.4) is 0 Å². The van der Waals surface area contributed by atoms with Gasteiger partial charge in [0.25, 0.3) is 5.91 Å². The van der Waals surface area contributed by atoms with Crippen molar-refractivity contribution in [2.45, 2.75) is 32.2 Å². The van der Waals surface area contributed by atoms with Crippen LogP contribution in [0.15, 0.2) is 48.7 Å². The molecule has 0 aliphatic heterocycles. The molecule has 7 heteroatoms. The van der Waals surface area contributed by atoms with E-state index in [9.17, 15) is 10.1 Å². The Morgan fingerprint density at radius 1 is 1.23 bits per heavy atom. The molecule has 7 nitrogen and oxygen atoms in total. The summed E-state index contributed by atoms with van der Waals surface area (Å²) >= 11 is 0. The number of nitriles is 1. The molecule has 31 heavy (non-hydrogen) atoms. The van der Waals surface area contributed by atoms with Gasteiger partial charge in [0.05, 0.1) is 34.6 Å². The molecule has 0 bridgehead atoms. The normalized spacial score (nSPS) is 13.3. The van der Waals surface area contributed by atoms with Crippen LogP contribution in [0.4, 0.5) is 5.82 Å². The van der Waals surface area contributed by atoms with Gasteiger partial charge < -0.3 is 10.6 Å². The number of carbonyl (C=O) groups excluding carboxylic acids is 1. The van der Waals surface area contributed by atoms with E-state index in [1.165, 1.54) is 0 Å². The van der Waals surface area contributed by atoms with E-state index in [2.05, 4.69) is 33.0 Å². The SMILES string of the molecule is CCCNc1nc2cc(C#N)ccc2n2c(-c3ccc(C(=O)NC4CC4)cc3)cnc12. The number of imidazole rings is 1. The summed E-state index contributed by atoms with van der Waals surface area (Å²) in [5.41, 5.74) is 5.41. The van der Waals surface area contributed by atoms with Crippen LogP contribution in [0.5, 0.6) is 0 Å². The minimum absolute atomic E-state index is 0.0306. The fourth-order valence-corrected chi connectivity index (χ4v) is 3.66. The highest BCUT2D eigenvalue weighted by Gasteiger charge is 2.23. The minimum atomic E-state index is -0.0306. The molecule has 0 saturated heterocycles. The number of nitrogens with one attached hydrogen (secondary N) is 2. The number of hydrogen-bond acceptors (Lipinski definition) is 5. The summed E-state index contributed by atoms with van der Waals surface area (Å²) in [7, 11) is 0.